The number of morpholine rings is 1. The lowest BCUT2D eigenvalue weighted by Crippen LogP contribution is -2.47. The van der Waals surface area contributed by atoms with Gasteiger partial charge in [-0.1, -0.05) is 54.6 Å². The van der Waals surface area contributed by atoms with Gasteiger partial charge >= 0.3 is 0 Å². The number of benzene rings is 3. The highest BCUT2D eigenvalue weighted by molar-refractivity contribution is 6.46. The number of hydrogen-bond donors (Lipinski definition) is 0. The number of aryl methyl sites for hydroxylation is 2. The molecule has 2 aliphatic heterocycles. The summed E-state index contributed by atoms with van der Waals surface area (Å²) < 4.78 is 5.91. The summed E-state index contributed by atoms with van der Waals surface area (Å²) in [5.74, 6) is -0.549. The van der Waals surface area contributed by atoms with E-state index in [4.69, 9.17) is 4.74 Å². The third kappa shape index (κ3) is 3.62. The van der Waals surface area contributed by atoms with Crippen molar-refractivity contribution in [1.82, 2.24) is 4.90 Å². The van der Waals surface area contributed by atoms with Crippen molar-refractivity contribution in [2.24, 2.45) is 0 Å². The van der Waals surface area contributed by atoms with E-state index >= 15 is 0 Å². The Kier molecular flexibility index (Phi) is 5.29. The van der Waals surface area contributed by atoms with E-state index in [-0.39, 0.29) is 24.0 Å². The van der Waals surface area contributed by atoms with Gasteiger partial charge in [0.05, 0.1) is 23.5 Å². The maximum Gasteiger partial charge on any atom is 0.282 e. The molecule has 3 aromatic carbocycles. The summed E-state index contributed by atoms with van der Waals surface area (Å²) >= 11 is 0. The summed E-state index contributed by atoms with van der Waals surface area (Å²) in [7, 11) is 0. The Morgan fingerprint density at radius 1 is 0.818 bits per heavy atom. The lowest BCUT2D eigenvalue weighted by molar-refractivity contribution is -0.121. The topological polar surface area (TPSA) is 49.9 Å². The molecule has 33 heavy (non-hydrogen) atoms. The number of amides is 2. The Morgan fingerprint density at radius 2 is 1.52 bits per heavy atom. The van der Waals surface area contributed by atoms with E-state index in [1.54, 1.807) is 0 Å². The Bertz CT molecular complexity index is 1290. The maximum absolute atomic E-state index is 14.0. The molecule has 168 valence electrons. The van der Waals surface area contributed by atoms with Crippen LogP contribution < -0.4 is 4.90 Å². The van der Waals surface area contributed by atoms with Crippen molar-refractivity contribution in [2.45, 2.75) is 39.9 Å². The zero-order chi connectivity index (χ0) is 23.3. The predicted molar refractivity (Wildman–Crippen MR) is 131 cm³/mol. The molecule has 5 nitrogen and oxygen atoms in total. The monoisotopic (exact) mass is 440 g/mol. The number of rotatable bonds is 3. The van der Waals surface area contributed by atoms with Gasteiger partial charge in [0.15, 0.2) is 0 Å². The van der Waals surface area contributed by atoms with E-state index in [2.05, 4.69) is 0 Å². The largest absolute Gasteiger partial charge is 0.372 e. The Morgan fingerprint density at radius 3 is 2.24 bits per heavy atom. The van der Waals surface area contributed by atoms with Crippen molar-refractivity contribution in [3.05, 3.63) is 83.1 Å². The highest BCUT2D eigenvalue weighted by Crippen LogP contribution is 2.38. The van der Waals surface area contributed by atoms with Gasteiger partial charge in [-0.05, 0) is 55.8 Å². The molecule has 0 radical (unpaired) electrons. The summed E-state index contributed by atoms with van der Waals surface area (Å²) in [5.41, 5.74) is 4.58. The van der Waals surface area contributed by atoms with Crippen LogP contribution in [0.2, 0.25) is 0 Å². The van der Waals surface area contributed by atoms with Gasteiger partial charge < -0.3 is 9.64 Å². The molecule has 5 heteroatoms. The lowest BCUT2D eigenvalue weighted by atomic mass is 9.99. The molecule has 2 aliphatic rings. The zero-order valence-electron chi connectivity index (χ0n) is 19.5. The van der Waals surface area contributed by atoms with E-state index in [1.165, 1.54) is 4.90 Å². The molecule has 0 saturated carbocycles. The SMILES string of the molecule is Cc1ccc(C2=C(N3CC(C)OC(C)C3)C(=O)N(c3cccc4ccccc34)C2=O)cc1C. The second kappa shape index (κ2) is 8.16. The number of carbonyl (C=O) groups is 2. The van der Waals surface area contributed by atoms with E-state index in [1.807, 2.05) is 93.3 Å². The lowest BCUT2D eigenvalue weighted by Gasteiger charge is -2.37. The molecule has 1 saturated heterocycles. The highest BCUT2D eigenvalue weighted by Gasteiger charge is 2.44. The standard InChI is InChI=1S/C28H28N2O3/c1-17-12-13-22(14-18(17)2)25-26(29-15-19(3)33-20(4)16-29)28(32)30(27(25)31)24-11-7-9-21-8-5-6-10-23(21)24/h5-14,19-20H,15-16H2,1-4H3. The van der Waals surface area contributed by atoms with E-state index in [0.29, 0.717) is 30.0 Å². The van der Waals surface area contributed by atoms with Crippen molar-refractivity contribution in [3.8, 4) is 0 Å². The molecule has 2 atom stereocenters. The van der Waals surface area contributed by atoms with Crippen molar-refractivity contribution < 1.29 is 14.3 Å². The van der Waals surface area contributed by atoms with Crippen LogP contribution >= 0.6 is 0 Å². The van der Waals surface area contributed by atoms with Crippen LogP contribution in [0.1, 0.15) is 30.5 Å². The van der Waals surface area contributed by atoms with E-state index in [0.717, 1.165) is 27.5 Å². The number of ether oxygens (including phenoxy) is 1. The first-order valence-electron chi connectivity index (χ1n) is 11.4. The number of carbonyl (C=O) groups excluding carboxylic acids is 2. The van der Waals surface area contributed by atoms with Crippen molar-refractivity contribution in [3.63, 3.8) is 0 Å². The fourth-order valence-electron chi connectivity index (χ4n) is 4.95. The first-order chi connectivity index (χ1) is 15.8. The molecule has 5 rings (SSSR count). The molecule has 3 aromatic rings. The molecular weight excluding hydrogens is 412 g/mol. The quantitative estimate of drug-likeness (QED) is 0.547. The Balaban J connectivity index is 1.69. The van der Waals surface area contributed by atoms with Crippen molar-refractivity contribution in [1.29, 1.82) is 0 Å². The summed E-state index contributed by atoms with van der Waals surface area (Å²) in [6, 6.07) is 19.5. The molecular formula is C28H28N2O3. The summed E-state index contributed by atoms with van der Waals surface area (Å²) in [6.45, 7) is 9.21. The van der Waals surface area contributed by atoms with Crippen LogP contribution in [0.4, 0.5) is 5.69 Å². The fraction of sp³-hybridized carbons (Fsp3) is 0.286. The van der Waals surface area contributed by atoms with Gasteiger partial charge in [0, 0.05) is 18.5 Å². The summed E-state index contributed by atoms with van der Waals surface area (Å²) in [5, 5.41) is 1.87. The van der Waals surface area contributed by atoms with Gasteiger partial charge in [0.2, 0.25) is 0 Å². The first-order valence-corrected chi connectivity index (χ1v) is 11.4. The average molecular weight is 441 g/mol. The average Bonchev–Trinajstić information content (AvgIpc) is 3.04. The molecule has 0 bridgehead atoms. The number of fused-ring (bicyclic) bond motifs is 1. The Labute approximate surface area is 194 Å². The van der Waals surface area contributed by atoms with Gasteiger partial charge in [-0.3, -0.25) is 9.59 Å². The van der Waals surface area contributed by atoms with Crippen LogP contribution in [-0.2, 0) is 14.3 Å². The minimum atomic E-state index is -0.276. The van der Waals surface area contributed by atoms with E-state index < -0.39 is 0 Å². The van der Waals surface area contributed by atoms with Gasteiger partial charge in [0.1, 0.15) is 5.70 Å². The predicted octanol–water partition coefficient (Wildman–Crippen LogP) is 4.85. The van der Waals surface area contributed by atoms with Crippen LogP contribution in [0.3, 0.4) is 0 Å². The molecule has 2 amide bonds. The molecule has 1 fully saturated rings. The molecule has 0 spiro atoms. The van der Waals surface area contributed by atoms with Crippen molar-refractivity contribution in [2.75, 3.05) is 18.0 Å². The second-order valence-corrected chi connectivity index (χ2v) is 9.13. The molecule has 0 N–H and O–H groups in total. The third-order valence-corrected chi connectivity index (χ3v) is 6.60. The maximum atomic E-state index is 14.0. The van der Waals surface area contributed by atoms with Crippen LogP contribution in [0, 0.1) is 13.8 Å². The zero-order valence-corrected chi connectivity index (χ0v) is 19.5. The van der Waals surface area contributed by atoms with Gasteiger partial charge in [-0.25, -0.2) is 4.90 Å². The van der Waals surface area contributed by atoms with Crippen LogP contribution in [0.5, 0.6) is 0 Å². The molecule has 2 heterocycles. The summed E-state index contributed by atoms with van der Waals surface area (Å²) in [4.78, 5) is 31.3. The normalized spacial score (nSPS) is 21.5. The minimum absolute atomic E-state index is 0.0308. The van der Waals surface area contributed by atoms with Gasteiger partial charge in [0.25, 0.3) is 11.8 Å². The minimum Gasteiger partial charge on any atom is -0.372 e. The number of imide groups is 1. The number of anilines is 1. The second-order valence-electron chi connectivity index (χ2n) is 9.13. The highest BCUT2D eigenvalue weighted by atomic mass is 16.5. The van der Waals surface area contributed by atoms with Crippen LogP contribution in [0.15, 0.2) is 66.4 Å². The van der Waals surface area contributed by atoms with Crippen LogP contribution in [-0.4, -0.2) is 42.0 Å². The van der Waals surface area contributed by atoms with Gasteiger partial charge in [-0.15, -0.1) is 0 Å². The fourth-order valence-corrected chi connectivity index (χ4v) is 4.95. The summed E-state index contributed by atoms with van der Waals surface area (Å²) in [6.07, 6.45) is -0.0616. The number of hydrogen-bond acceptors (Lipinski definition) is 4. The third-order valence-electron chi connectivity index (χ3n) is 6.60. The molecule has 2 unspecified atom stereocenters. The Hall–Kier alpha value is -3.44. The first kappa shape index (κ1) is 21.4. The van der Waals surface area contributed by atoms with E-state index in [9.17, 15) is 9.59 Å². The smallest absolute Gasteiger partial charge is 0.282 e. The molecule has 0 aliphatic carbocycles. The van der Waals surface area contributed by atoms with Gasteiger partial charge in [-0.2, -0.15) is 0 Å². The molecule has 0 aromatic heterocycles. The number of nitrogens with zero attached hydrogens (tertiary/aromatic N) is 2. The van der Waals surface area contributed by atoms with Crippen LogP contribution in [0.25, 0.3) is 16.3 Å². The van der Waals surface area contributed by atoms with Crippen molar-refractivity contribution >= 4 is 33.8 Å².